The summed E-state index contributed by atoms with van der Waals surface area (Å²) in [5.74, 6) is -1.95. The molecule has 1 N–H and O–H groups in total. The minimum absolute atomic E-state index is 0.00111. The van der Waals surface area contributed by atoms with Crippen LogP contribution in [0.2, 0.25) is 5.02 Å². The highest BCUT2D eigenvalue weighted by molar-refractivity contribution is 7.84. The number of likely N-dealkylation sites (tertiary alicyclic amines) is 1. The van der Waals surface area contributed by atoms with Crippen molar-refractivity contribution in [3.63, 3.8) is 0 Å². The highest BCUT2D eigenvalue weighted by atomic mass is 35.5. The molecule has 0 amide bonds. The second-order valence-corrected chi connectivity index (χ2v) is 10.8. The van der Waals surface area contributed by atoms with E-state index in [0.29, 0.717) is 0 Å². The van der Waals surface area contributed by atoms with Crippen LogP contribution in [0.4, 0.5) is 22.0 Å². The predicted molar refractivity (Wildman–Crippen MR) is 100 cm³/mol. The van der Waals surface area contributed by atoms with Gasteiger partial charge in [-0.2, -0.15) is 13.2 Å². The topological polar surface area (TPSA) is 32.3 Å². The van der Waals surface area contributed by atoms with E-state index in [1.54, 1.807) is 27.7 Å². The number of hydrogen-bond donors (Lipinski definition) is 1. The zero-order valence-corrected chi connectivity index (χ0v) is 17.8. The Morgan fingerprint density at radius 1 is 1.21 bits per heavy atom. The molecule has 1 aliphatic heterocycles. The number of nitrogens with one attached hydrogen (secondary N) is 1. The van der Waals surface area contributed by atoms with E-state index in [1.165, 1.54) is 11.0 Å². The van der Waals surface area contributed by atoms with Gasteiger partial charge in [-0.25, -0.2) is 17.7 Å². The van der Waals surface area contributed by atoms with Crippen molar-refractivity contribution in [2.45, 2.75) is 57.6 Å². The fourth-order valence-corrected chi connectivity index (χ4v) is 4.33. The summed E-state index contributed by atoms with van der Waals surface area (Å²) in [7, 11) is -1.64. The Kier molecular flexibility index (Phi) is 6.56. The minimum atomic E-state index is -4.39. The summed E-state index contributed by atoms with van der Waals surface area (Å²) in [5, 5.41) is -0.700. The molecule has 2 unspecified atom stereocenters. The molecule has 1 aromatic carbocycles. The van der Waals surface area contributed by atoms with Crippen molar-refractivity contribution in [1.82, 2.24) is 9.62 Å². The van der Waals surface area contributed by atoms with Gasteiger partial charge in [0.1, 0.15) is 22.7 Å². The summed E-state index contributed by atoms with van der Waals surface area (Å²) in [6.45, 7) is 7.88. The van der Waals surface area contributed by atoms with E-state index in [1.807, 2.05) is 0 Å². The molecule has 0 aliphatic carbocycles. The normalized spacial score (nSPS) is 21.1. The lowest BCUT2D eigenvalue weighted by molar-refractivity contribution is -0.205. The Balaban J connectivity index is 2.38. The van der Waals surface area contributed by atoms with E-state index in [2.05, 4.69) is 4.72 Å². The van der Waals surface area contributed by atoms with Gasteiger partial charge in [0, 0.05) is 24.1 Å². The molecule has 1 aliphatic rings. The Bertz CT molecular complexity index is 760. The van der Waals surface area contributed by atoms with Gasteiger partial charge in [-0.3, -0.25) is 4.90 Å². The first-order valence-corrected chi connectivity index (χ1v) is 10.2. The predicted octanol–water partition coefficient (Wildman–Crippen LogP) is 4.98. The quantitative estimate of drug-likeness (QED) is 0.511. The molecule has 1 saturated heterocycles. The van der Waals surface area contributed by atoms with Crippen LogP contribution in [0.15, 0.2) is 12.1 Å². The van der Waals surface area contributed by atoms with Crippen LogP contribution in [-0.2, 0) is 11.0 Å². The molecule has 0 saturated carbocycles. The SMILES string of the molecule is CC(N1CC(C)(C(N[S@](=O)C(C)(C)C)c2ccc(F)c(Cl)c2F)C1)C(F)(F)F. The van der Waals surface area contributed by atoms with Crippen molar-refractivity contribution in [3.8, 4) is 0 Å². The van der Waals surface area contributed by atoms with Crippen LogP contribution in [0.1, 0.15) is 46.2 Å². The van der Waals surface area contributed by atoms with Crippen LogP contribution < -0.4 is 4.72 Å². The Morgan fingerprint density at radius 2 is 1.75 bits per heavy atom. The van der Waals surface area contributed by atoms with Gasteiger partial charge >= 0.3 is 6.18 Å². The molecule has 1 fully saturated rings. The van der Waals surface area contributed by atoms with Gasteiger partial charge < -0.3 is 0 Å². The van der Waals surface area contributed by atoms with Gasteiger partial charge in [-0.1, -0.05) is 24.6 Å². The third-order valence-electron chi connectivity index (χ3n) is 5.00. The smallest absolute Gasteiger partial charge is 0.291 e. The number of hydrogen-bond acceptors (Lipinski definition) is 2. The average molecular weight is 447 g/mol. The number of halogens is 6. The van der Waals surface area contributed by atoms with Crippen LogP contribution in [0.3, 0.4) is 0 Å². The largest absolute Gasteiger partial charge is 0.403 e. The van der Waals surface area contributed by atoms with Gasteiger partial charge in [-0.05, 0) is 33.8 Å². The van der Waals surface area contributed by atoms with Crippen molar-refractivity contribution in [3.05, 3.63) is 34.4 Å². The van der Waals surface area contributed by atoms with Crippen LogP contribution in [0.25, 0.3) is 0 Å². The molecule has 2 rings (SSSR count). The van der Waals surface area contributed by atoms with E-state index in [9.17, 15) is 26.2 Å². The molecule has 160 valence electrons. The fraction of sp³-hybridized carbons (Fsp3) is 0.667. The third kappa shape index (κ3) is 4.68. The van der Waals surface area contributed by atoms with Crippen molar-refractivity contribution in [2.24, 2.45) is 5.41 Å². The van der Waals surface area contributed by atoms with E-state index in [0.717, 1.165) is 13.0 Å². The Hall–Kier alpha value is -0.770. The van der Waals surface area contributed by atoms with Gasteiger partial charge in [0.05, 0.1) is 21.8 Å². The van der Waals surface area contributed by atoms with E-state index in [-0.39, 0.29) is 18.7 Å². The maximum Gasteiger partial charge on any atom is 0.403 e. The fourth-order valence-electron chi connectivity index (χ4n) is 3.17. The second kappa shape index (κ2) is 7.81. The van der Waals surface area contributed by atoms with Crippen LogP contribution in [-0.4, -0.2) is 39.2 Å². The summed E-state index contributed by atoms with van der Waals surface area (Å²) in [5.41, 5.74) is -0.881. The minimum Gasteiger partial charge on any atom is -0.291 e. The van der Waals surface area contributed by atoms with Gasteiger partial charge in [0.15, 0.2) is 0 Å². The highest BCUT2D eigenvalue weighted by Gasteiger charge is 2.53. The summed E-state index contributed by atoms with van der Waals surface area (Å²) >= 11 is 5.69. The first kappa shape index (κ1) is 23.5. The lowest BCUT2D eigenvalue weighted by Crippen LogP contribution is -2.65. The summed E-state index contributed by atoms with van der Waals surface area (Å²) in [6.07, 6.45) is -4.39. The number of nitrogens with zero attached hydrogens (tertiary/aromatic N) is 1. The summed E-state index contributed by atoms with van der Waals surface area (Å²) in [6, 6.07) is -0.388. The summed E-state index contributed by atoms with van der Waals surface area (Å²) < 4.78 is 82.1. The molecule has 10 heteroatoms. The molecule has 1 aromatic rings. The maximum atomic E-state index is 14.7. The van der Waals surface area contributed by atoms with Gasteiger partial charge in [0.2, 0.25) is 0 Å². The highest BCUT2D eigenvalue weighted by Crippen LogP contribution is 2.46. The molecule has 0 aromatic heterocycles. The molecule has 0 spiro atoms. The molecule has 1 heterocycles. The summed E-state index contributed by atoms with van der Waals surface area (Å²) in [4.78, 5) is 1.22. The molecular weight excluding hydrogens is 423 g/mol. The number of rotatable bonds is 5. The molecule has 3 nitrogen and oxygen atoms in total. The van der Waals surface area contributed by atoms with Gasteiger partial charge in [0.25, 0.3) is 0 Å². The Labute approximate surface area is 169 Å². The number of benzene rings is 1. The second-order valence-electron chi connectivity index (χ2n) is 8.47. The lowest BCUT2D eigenvalue weighted by atomic mass is 9.72. The van der Waals surface area contributed by atoms with Crippen molar-refractivity contribution < 1.29 is 26.2 Å². The standard InChI is InChI=1S/C18H24ClF5N2OS/c1-10(18(22,23)24)26-8-17(5,9-26)15(25-28(27)16(2,3)4)11-6-7-12(20)13(19)14(11)21/h6-7,10,15,25H,8-9H2,1-5H3/t10?,15?,28-/m1/s1. The van der Waals surface area contributed by atoms with Crippen LogP contribution >= 0.6 is 11.6 Å². The molecule has 0 bridgehead atoms. The number of alkyl halides is 3. The van der Waals surface area contributed by atoms with Gasteiger partial charge in [-0.15, -0.1) is 0 Å². The Morgan fingerprint density at radius 3 is 2.21 bits per heavy atom. The van der Waals surface area contributed by atoms with E-state index < -0.39 is 56.1 Å². The maximum absolute atomic E-state index is 14.7. The van der Waals surface area contributed by atoms with Crippen molar-refractivity contribution in [2.75, 3.05) is 13.1 Å². The van der Waals surface area contributed by atoms with Crippen LogP contribution in [0.5, 0.6) is 0 Å². The zero-order chi connectivity index (χ0) is 21.7. The molecule has 3 atom stereocenters. The first-order chi connectivity index (χ1) is 12.6. The van der Waals surface area contributed by atoms with E-state index in [4.69, 9.17) is 11.6 Å². The monoisotopic (exact) mass is 446 g/mol. The lowest BCUT2D eigenvalue weighted by Gasteiger charge is -2.54. The third-order valence-corrected chi connectivity index (χ3v) is 6.91. The van der Waals surface area contributed by atoms with Crippen LogP contribution in [0, 0.1) is 17.0 Å². The average Bonchev–Trinajstić information content (AvgIpc) is 2.53. The molecular formula is C18H24ClF5N2OS. The molecule has 28 heavy (non-hydrogen) atoms. The van der Waals surface area contributed by atoms with E-state index >= 15 is 0 Å². The first-order valence-electron chi connectivity index (χ1n) is 8.70. The molecule has 0 radical (unpaired) electrons. The zero-order valence-electron chi connectivity index (χ0n) is 16.3. The van der Waals surface area contributed by atoms with Crippen molar-refractivity contribution >= 4 is 22.6 Å². The van der Waals surface area contributed by atoms with Crippen molar-refractivity contribution in [1.29, 1.82) is 0 Å².